The Kier molecular flexibility index (Phi) is 8.86. The molecule has 0 saturated carbocycles. The standard InChI is InChI=1S/C23H34N2O6/c1-5-7-13-17(18(26)20(27)24-15(3)16-11-9-8-10-12-16)25-22(29)31-19-21(28)30-14-23(19,4)6-2/h8-12,15,17-19,26H,5-7,13-14H2,1-4H3,(H,24,27)(H,25,29)/t15-,17+,18?,19-,23+/m1/s1. The van der Waals surface area contributed by atoms with Crippen LogP contribution in [0.15, 0.2) is 30.3 Å². The van der Waals surface area contributed by atoms with Crippen LogP contribution in [0.3, 0.4) is 0 Å². The summed E-state index contributed by atoms with van der Waals surface area (Å²) >= 11 is 0. The van der Waals surface area contributed by atoms with Gasteiger partial charge in [0.25, 0.3) is 5.91 Å². The number of nitrogens with one attached hydrogen (secondary N) is 2. The van der Waals surface area contributed by atoms with E-state index in [4.69, 9.17) is 9.47 Å². The minimum atomic E-state index is -1.46. The molecule has 2 rings (SSSR count). The zero-order chi connectivity index (χ0) is 23.0. The van der Waals surface area contributed by atoms with Crippen molar-refractivity contribution in [1.29, 1.82) is 0 Å². The third-order valence-corrected chi connectivity index (χ3v) is 5.90. The van der Waals surface area contributed by atoms with Crippen molar-refractivity contribution in [1.82, 2.24) is 10.6 Å². The largest absolute Gasteiger partial charge is 0.462 e. The Morgan fingerprint density at radius 1 is 1.26 bits per heavy atom. The topological polar surface area (TPSA) is 114 Å². The molecule has 2 amide bonds. The predicted octanol–water partition coefficient (Wildman–Crippen LogP) is 2.85. The molecule has 31 heavy (non-hydrogen) atoms. The first-order valence-corrected chi connectivity index (χ1v) is 10.9. The number of carbonyl (C=O) groups excluding carboxylic acids is 3. The number of ether oxygens (including phenoxy) is 2. The van der Waals surface area contributed by atoms with Gasteiger partial charge in [-0.1, -0.05) is 63.9 Å². The van der Waals surface area contributed by atoms with Gasteiger partial charge < -0.3 is 25.2 Å². The first kappa shape index (κ1) is 24.7. The Morgan fingerprint density at radius 3 is 2.55 bits per heavy atom. The molecule has 1 aromatic carbocycles. The van der Waals surface area contributed by atoms with E-state index in [1.54, 1.807) is 0 Å². The van der Waals surface area contributed by atoms with Gasteiger partial charge in [-0.15, -0.1) is 0 Å². The van der Waals surface area contributed by atoms with Gasteiger partial charge in [0.05, 0.1) is 12.1 Å². The molecule has 8 heteroatoms. The number of alkyl carbamates (subject to hydrolysis) is 1. The summed E-state index contributed by atoms with van der Waals surface area (Å²) in [4.78, 5) is 37.1. The number of unbranched alkanes of at least 4 members (excludes halogenated alkanes) is 1. The molecular formula is C23H34N2O6. The van der Waals surface area contributed by atoms with Gasteiger partial charge in [0.15, 0.2) is 6.10 Å². The van der Waals surface area contributed by atoms with Gasteiger partial charge in [-0.25, -0.2) is 9.59 Å². The van der Waals surface area contributed by atoms with Gasteiger partial charge in [-0.05, 0) is 25.3 Å². The average Bonchev–Trinajstić information content (AvgIpc) is 3.05. The van der Waals surface area contributed by atoms with Crippen LogP contribution in [0.5, 0.6) is 0 Å². The average molecular weight is 435 g/mol. The fourth-order valence-corrected chi connectivity index (χ4v) is 3.48. The van der Waals surface area contributed by atoms with Crippen molar-refractivity contribution in [2.24, 2.45) is 5.41 Å². The molecule has 1 aliphatic heterocycles. The molecule has 1 aliphatic rings. The third kappa shape index (κ3) is 6.43. The second kappa shape index (κ2) is 11.1. The van der Waals surface area contributed by atoms with Crippen LogP contribution in [0.2, 0.25) is 0 Å². The van der Waals surface area contributed by atoms with E-state index in [1.807, 2.05) is 58.0 Å². The van der Waals surface area contributed by atoms with E-state index in [0.29, 0.717) is 19.3 Å². The molecule has 172 valence electrons. The number of benzene rings is 1. The first-order valence-electron chi connectivity index (χ1n) is 10.9. The molecule has 0 spiro atoms. The van der Waals surface area contributed by atoms with E-state index in [2.05, 4.69) is 10.6 Å². The molecule has 0 aromatic heterocycles. The van der Waals surface area contributed by atoms with E-state index >= 15 is 0 Å². The van der Waals surface area contributed by atoms with Crippen LogP contribution in [0, 0.1) is 5.41 Å². The van der Waals surface area contributed by atoms with Crippen LogP contribution in [0.1, 0.15) is 65.0 Å². The molecule has 1 aromatic rings. The van der Waals surface area contributed by atoms with Crippen LogP contribution < -0.4 is 10.6 Å². The molecule has 0 bridgehead atoms. The number of esters is 1. The monoisotopic (exact) mass is 434 g/mol. The number of aliphatic hydroxyl groups excluding tert-OH is 1. The zero-order valence-electron chi connectivity index (χ0n) is 18.7. The Hall–Kier alpha value is -2.61. The van der Waals surface area contributed by atoms with Crippen LogP contribution in [-0.4, -0.2) is 47.9 Å². The van der Waals surface area contributed by atoms with Gasteiger partial charge in [-0.2, -0.15) is 0 Å². The molecule has 1 saturated heterocycles. The predicted molar refractivity (Wildman–Crippen MR) is 115 cm³/mol. The number of carbonyl (C=O) groups is 3. The zero-order valence-corrected chi connectivity index (χ0v) is 18.7. The number of hydrogen-bond donors (Lipinski definition) is 3. The maximum atomic E-state index is 12.6. The lowest BCUT2D eigenvalue weighted by Crippen LogP contribution is -2.52. The maximum absolute atomic E-state index is 12.6. The summed E-state index contributed by atoms with van der Waals surface area (Å²) in [5.74, 6) is -1.17. The van der Waals surface area contributed by atoms with Gasteiger partial charge in [0.1, 0.15) is 6.61 Å². The molecule has 5 atom stereocenters. The van der Waals surface area contributed by atoms with Gasteiger partial charge in [0, 0.05) is 5.41 Å². The molecule has 0 radical (unpaired) electrons. The minimum absolute atomic E-state index is 0.182. The van der Waals surface area contributed by atoms with Crippen LogP contribution >= 0.6 is 0 Å². The van der Waals surface area contributed by atoms with E-state index in [0.717, 1.165) is 12.0 Å². The fraction of sp³-hybridized carbons (Fsp3) is 0.609. The van der Waals surface area contributed by atoms with Crippen molar-refractivity contribution in [2.45, 2.75) is 77.7 Å². The lowest BCUT2D eigenvalue weighted by Gasteiger charge is -2.28. The highest BCUT2D eigenvalue weighted by atomic mass is 16.6. The summed E-state index contributed by atoms with van der Waals surface area (Å²) in [6, 6.07) is 8.23. The normalized spacial score (nSPS) is 23.4. The van der Waals surface area contributed by atoms with Crippen LogP contribution in [-0.2, 0) is 19.1 Å². The number of amides is 2. The van der Waals surface area contributed by atoms with E-state index < -0.39 is 41.6 Å². The van der Waals surface area contributed by atoms with E-state index in [1.165, 1.54) is 0 Å². The van der Waals surface area contributed by atoms with Crippen molar-refractivity contribution in [3.05, 3.63) is 35.9 Å². The van der Waals surface area contributed by atoms with Crippen molar-refractivity contribution in [3.63, 3.8) is 0 Å². The molecule has 3 N–H and O–H groups in total. The highest BCUT2D eigenvalue weighted by molar-refractivity contribution is 5.84. The van der Waals surface area contributed by atoms with Gasteiger partial charge in [-0.3, -0.25) is 4.79 Å². The van der Waals surface area contributed by atoms with Crippen molar-refractivity contribution >= 4 is 18.0 Å². The first-order chi connectivity index (χ1) is 14.7. The second-order valence-corrected chi connectivity index (χ2v) is 8.38. The summed E-state index contributed by atoms with van der Waals surface area (Å²) < 4.78 is 10.4. The van der Waals surface area contributed by atoms with E-state index in [9.17, 15) is 19.5 Å². The van der Waals surface area contributed by atoms with Gasteiger partial charge >= 0.3 is 12.1 Å². The Morgan fingerprint density at radius 2 is 1.94 bits per heavy atom. The lowest BCUT2D eigenvalue weighted by atomic mass is 9.84. The summed E-state index contributed by atoms with van der Waals surface area (Å²) in [6.07, 6.45) is -0.829. The summed E-state index contributed by atoms with van der Waals surface area (Å²) in [5, 5.41) is 16.0. The van der Waals surface area contributed by atoms with Crippen molar-refractivity contribution in [2.75, 3.05) is 6.61 Å². The highest BCUT2D eigenvalue weighted by Gasteiger charge is 2.49. The number of cyclic esters (lactones) is 1. The third-order valence-electron chi connectivity index (χ3n) is 5.90. The summed E-state index contributed by atoms with van der Waals surface area (Å²) in [5.41, 5.74) is 0.299. The van der Waals surface area contributed by atoms with Crippen molar-refractivity contribution in [3.8, 4) is 0 Å². The summed E-state index contributed by atoms with van der Waals surface area (Å²) in [7, 11) is 0. The minimum Gasteiger partial charge on any atom is -0.462 e. The van der Waals surface area contributed by atoms with Crippen molar-refractivity contribution < 1.29 is 29.0 Å². The van der Waals surface area contributed by atoms with E-state index in [-0.39, 0.29) is 12.6 Å². The molecule has 1 heterocycles. The van der Waals surface area contributed by atoms with Crippen LogP contribution in [0.25, 0.3) is 0 Å². The quantitative estimate of drug-likeness (QED) is 0.488. The molecule has 1 unspecified atom stereocenters. The van der Waals surface area contributed by atoms with Crippen LogP contribution in [0.4, 0.5) is 4.79 Å². The smallest absolute Gasteiger partial charge is 0.408 e. The van der Waals surface area contributed by atoms with Gasteiger partial charge in [0.2, 0.25) is 6.10 Å². The lowest BCUT2D eigenvalue weighted by molar-refractivity contribution is -0.145. The summed E-state index contributed by atoms with van der Waals surface area (Å²) in [6.45, 7) is 7.68. The second-order valence-electron chi connectivity index (χ2n) is 8.38. The molecule has 0 aliphatic carbocycles. The molecule has 1 fully saturated rings. The SMILES string of the molecule is CCCC[C@H](NC(=O)O[C@@H]1C(=O)OC[C@]1(C)CC)C(O)C(=O)N[C@H](C)c1ccccc1. The molecule has 8 nitrogen and oxygen atoms in total. The fourth-order valence-electron chi connectivity index (χ4n) is 3.48. The Bertz CT molecular complexity index is 756. The number of hydrogen-bond acceptors (Lipinski definition) is 6. The maximum Gasteiger partial charge on any atom is 0.408 e. The number of rotatable bonds is 10. The highest BCUT2D eigenvalue weighted by Crippen LogP contribution is 2.35. The number of aliphatic hydroxyl groups is 1. The Balaban J connectivity index is 2.01. The molecular weight excluding hydrogens is 400 g/mol. The Labute approximate surface area is 183 Å².